The van der Waals surface area contributed by atoms with Crippen LogP contribution in [0, 0.1) is 0 Å². The van der Waals surface area contributed by atoms with Gasteiger partial charge in [-0.1, -0.05) is 23.7 Å². The average Bonchev–Trinajstić information content (AvgIpc) is 2.58. The van der Waals surface area contributed by atoms with Crippen molar-refractivity contribution in [2.45, 2.75) is 19.9 Å². The molecule has 1 saturated heterocycles. The van der Waals surface area contributed by atoms with E-state index in [-0.39, 0.29) is 30.0 Å². The lowest BCUT2D eigenvalue weighted by atomic mass is 10.0. The topological polar surface area (TPSA) is 54.1 Å². The van der Waals surface area contributed by atoms with Gasteiger partial charge in [0.05, 0.1) is 25.8 Å². The smallest absolute Gasteiger partial charge is 0.191 e. The summed E-state index contributed by atoms with van der Waals surface area (Å²) in [5.74, 6) is 0.613. The van der Waals surface area contributed by atoms with E-state index in [1.165, 1.54) is 5.56 Å². The van der Waals surface area contributed by atoms with E-state index in [4.69, 9.17) is 22.1 Å². The molecule has 0 saturated carbocycles. The van der Waals surface area contributed by atoms with E-state index >= 15 is 0 Å². The second-order valence-electron chi connectivity index (χ2n) is 5.59. The molecule has 1 aliphatic heterocycles. The maximum Gasteiger partial charge on any atom is 0.191 e. The van der Waals surface area contributed by atoms with Crippen LogP contribution in [-0.4, -0.2) is 61.7 Å². The number of morpholine rings is 1. The van der Waals surface area contributed by atoms with Gasteiger partial charge < -0.3 is 15.4 Å². The van der Waals surface area contributed by atoms with E-state index in [0.29, 0.717) is 12.5 Å². The molecule has 1 unspecified atom stereocenters. The fourth-order valence-corrected chi connectivity index (χ4v) is 2.96. The number of hydrogen-bond acceptors (Lipinski definition) is 3. The Morgan fingerprint density at radius 2 is 1.83 bits per heavy atom. The minimum Gasteiger partial charge on any atom is -0.379 e. The number of nitrogens with two attached hydrogens (primary N) is 1. The zero-order valence-electron chi connectivity index (χ0n) is 14.4. The Balaban J connectivity index is 0.00000288. The van der Waals surface area contributed by atoms with Crippen molar-refractivity contribution in [3.05, 3.63) is 34.9 Å². The van der Waals surface area contributed by atoms with E-state index in [2.05, 4.69) is 40.8 Å². The van der Waals surface area contributed by atoms with Gasteiger partial charge in [-0.3, -0.25) is 9.89 Å². The van der Waals surface area contributed by atoms with E-state index in [1.807, 2.05) is 12.1 Å². The quantitative estimate of drug-likeness (QED) is 0.398. The Labute approximate surface area is 167 Å². The summed E-state index contributed by atoms with van der Waals surface area (Å²) in [4.78, 5) is 9.12. The molecule has 1 heterocycles. The van der Waals surface area contributed by atoms with Gasteiger partial charge in [-0.05, 0) is 31.5 Å². The molecular formula is C17H28ClIN4O. The lowest BCUT2D eigenvalue weighted by Crippen LogP contribution is -2.41. The van der Waals surface area contributed by atoms with Gasteiger partial charge in [0.15, 0.2) is 5.96 Å². The van der Waals surface area contributed by atoms with E-state index < -0.39 is 0 Å². The summed E-state index contributed by atoms with van der Waals surface area (Å²) in [5.41, 5.74) is 7.35. The Hall–Kier alpha value is -0.570. The second kappa shape index (κ2) is 11.1. The van der Waals surface area contributed by atoms with Crippen LogP contribution in [0.25, 0.3) is 0 Å². The summed E-state index contributed by atoms with van der Waals surface area (Å²) < 4.78 is 5.47. The molecule has 24 heavy (non-hydrogen) atoms. The predicted molar refractivity (Wildman–Crippen MR) is 111 cm³/mol. The molecule has 1 atom stereocenters. The maximum absolute atomic E-state index is 6.13. The first-order valence-electron chi connectivity index (χ1n) is 8.27. The van der Waals surface area contributed by atoms with Crippen molar-refractivity contribution in [2.75, 3.05) is 45.9 Å². The summed E-state index contributed by atoms with van der Waals surface area (Å²) in [6.07, 6.45) is 0. The van der Waals surface area contributed by atoms with Crippen LogP contribution < -0.4 is 5.73 Å². The molecule has 136 valence electrons. The second-order valence-corrected chi connectivity index (χ2v) is 6.02. The fourth-order valence-electron chi connectivity index (χ4n) is 2.83. The number of halogens is 2. The summed E-state index contributed by atoms with van der Waals surface area (Å²) in [7, 11) is 0. The van der Waals surface area contributed by atoms with Crippen LogP contribution in [0.1, 0.15) is 25.5 Å². The molecule has 1 aromatic rings. The van der Waals surface area contributed by atoms with Crippen LogP contribution in [0.3, 0.4) is 0 Å². The molecule has 1 aliphatic rings. The van der Waals surface area contributed by atoms with Gasteiger partial charge in [0, 0.05) is 31.2 Å². The van der Waals surface area contributed by atoms with Crippen LogP contribution in [0.2, 0.25) is 5.02 Å². The van der Waals surface area contributed by atoms with Gasteiger partial charge in [-0.2, -0.15) is 0 Å². The van der Waals surface area contributed by atoms with Gasteiger partial charge in [0.2, 0.25) is 0 Å². The first kappa shape index (κ1) is 21.5. The van der Waals surface area contributed by atoms with E-state index in [0.717, 1.165) is 44.4 Å². The Morgan fingerprint density at radius 3 is 2.38 bits per heavy atom. The monoisotopic (exact) mass is 466 g/mol. The summed E-state index contributed by atoms with van der Waals surface area (Å²) >= 11 is 6.02. The fraction of sp³-hybridized carbons (Fsp3) is 0.588. The Kier molecular flexibility index (Phi) is 9.95. The van der Waals surface area contributed by atoms with Gasteiger partial charge in [-0.25, -0.2) is 0 Å². The van der Waals surface area contributed by atoms with Gasteiger partial charge in [-0.15, -0.1) is 24.0 Å². The molecule has 2 N–H and O–H groups in total. The van der Waals surface area contributed by atoms with Crippen LogP contribution in [0.5, 0.6) is 0 Å². The molecular weight excluding hydrogens is 439 g/mol. The molecule has 7 heteroatoms. The van der Waals surface area contributed by atoms with Crippen LogP contribution in [0.15, 0.2) is 29.3 Å². The Morgan fingerprint density at radius 1 is 1.25 bits per heavy atom. The highest BCUT2D eigenvalue weighted by molar-refractivity contribution is 14.0. The number of ether oxygens (including phenoxy) is 1. The standard InChI is InChI=1S/C17H27ClN4O.HI/c1-3-21(4-2)17(19)20-13-16(22-9-11-23-12-10-22)14-5-7-15(18)8-6-14;/h5-8,16H,3-4,9-13H2,1-2H3,(H2,19,20);1H. The first-order chi connectivity index (χ1) is 11.2. The summed E-state index contributed by atoms with van der Waals surface area (Å²) in [6.45, 7) is 9.91. The average molecular weight is 467 g/mol. The minimum absolute atomic E-state index is 0. The molecule has 1 aromatic carbocycles. The van der Waals surface area contributed by atoms with Crippen LogP contribution in [-0.2, 0) is 4.74 Å². The summed E-state index contributed by atoms with van der Waals surface area (Å²) in [5, 5.41) is 0.751. The molecule has 0 aliphatic carbocycles. The minimum atomic E-state index is 0. The lowest BCUT2D eigenvalue weighted by Gasteiger charge is -2.34. The third-order valence-electron chi connectivity index (χ3n) is 4.25. The van der Waals surface area contributed by atoms with Crippen molar-refractivity contribution in [1.82, 2.24) is 9.80 Å². The number of benzene rings is 1. The van der Waals surface area contributed by atoms with Crippen molar-refractivity contribution in [3.63, 3.8) is 0 Å². The number of rotatable bonds is 6. The molecule has 0 aromatic heterocycles. The highest BCUT2D eigenvalue weighted by Gasteiger charge is 2.22. The normalized spacial score (nSPS) is 17.2. The predicted octanol–water partition coefficient (Wildman–Crippen LogP) is 2.99. The van der Waals surface area contributed by atoms with Crippen molar-refractivity contribution in [2.24, 2.45) is 10.7 Å². The molecule has 2 rings (SSSR count). The lowest BCUT2D eigenvalue weighted by molar-refractivity contribution is 0.0179. The third kappa shape index (κ3) is 6.06. The number of aliphatic imine (C=N–C) groups is 1. The van der Waals surface area contributed by atoms with E-state index in [9.17, 15) is 0 Å². The van der Waals surface area contributed by atoms with Crippen molar-refractivity contribution < 1.29 is 4.74 Å². The van der Waals surface area contributed by atoms with Crippen molar-refractivity contribution >= 4 is 41.5 Å². The zero-order valence-corrected chi connectivity index (χ0v) is 17.5. The maximum atomic E-state index is 6.13. The van der Waals surface area contributed by atoms with Gasteiger partial charge in [0.1, 0.15) is 0 Å². The largest absolute Gasteiger partial charge is 0.379 e. The molecule has 0 amide bonds. The van der Waals surface area contributed by atoms with Crippen molar-refractivity contribution in [1.29, 1.82) is 0 Å². The third-order valence-corrected chi connectivity index (χ3v) is 4.51. The van der Waals surface area contributed by atoms with Gasteiger partial charge in [0.25, 0.3) is 0 Å². The number of guanidine groups is 1. The van der Waals surface area contributed by atoms with E-state index in [1.54, 1.807) is 0 Å². The van der Waals surface area contributed by atoms with Gasteiger partial charge >= 0.3 is 0 Å². The zero-order chi connectivity index (χ0) is 16.7. The number of hydrogen-bond donors (Lipinski definition) is 1. The first-order valence-corrected chi connectivity index (χ1v) is 8.65. The summed E-state index contributed by atoms with van der Waals surface area (Å²) in [6, 6.07) is 8.21. The number of nitrogens with zero attached hydrogens (tertiary/aromatic N) is 3. The molecule has 5 nitrogen and oxygen atoms in total. The van der Waals surface area contributed by atoms with Crippen LogP contribution in [0.4, 0.5) is 0 Å². The molecule has 0 bridgehead atoms. The highest BCUT2D eigenvalue weighted by atomic mass is 127. The molecule has 0 spiro atoms. The Bertz CT molecular complexity index is 502. The van der Waals surface area contributed by atoms with Crippen LogP contribution >= 0.6 is 35.6 Å². The van der Waals surface area contributed by atoms with Crippen molar-refractivity contribution in [3.8, 4) is 0 Å². The molecule has 1 fully saturated rings. The highest BCUT2D eigenvalue weighted by Crippen LogP contribution is 2.24. The SMILES string of the molecule is CCN(CC)C(N)=NCC(c1ccc(Cl)cc1)N1CCOCC1.I. The molecule has 0 radical (unpaired) electrons.